The number of benzene rings is 1. The van der Waals surface area contributed by atoms with E-state index in [9.17, 15) is 0 Å². The van der Waals surface area contributed by atoms with Crippen molar-refractivity contribution < 1.29 is 9.47 Å². The first kappa shape index (κ1) is 12.1. The maximum Gasteiger partial charge on any atom is 0.203 e. The van der Waals surface area contributed by atoms with Crippen LogP contribution < -0.4 is 0 Å². The van der Waals surface area contributed by atoms with Gasteiger partial charge in [-0.3, -0.25) is 0 Å². The van der Waals surface area contributed by atoms with E-state index >= 15 is 0 Å². The van der Waals surface area contributed by atoms with E-state index in [2.05, 4.69) is 4.98 Å². The monoisotopic (exact) mass is 281 g/mol. The van der Waals surface area contributed by atoms with Gasteiger partial charge in [0, 0.05) is 16.8 Å². The topological polar surface area (TPSA) is 31.4 Å². The van der Waals surface area contributed by atoms with Crippen molar-refractivity contribution >= 4 is 22.9 Å². The zero-order chi connectivity index (χ0) is 12.6. The molecule has 1 aliphatic heterocycles. The Labute approximate surface area is 114 Å². The van der Waals surface area contributed by atoms with E-state index in [4.69, 9.17) is 21.1 Å². The lowest BCUT2D eigenvalue weighted by Crippen LogP contribution is -2.20. The lowest BCUT2D eigenvalue weighted by atomic mass is 10.2. The van der Waals surface area contributed by atoms with Crippen molar-refractivity contribution in [3.63, 3.8) is 0 Å². The molecule has 1 fully saturated rings. The zero-order valence-corrected chi connectivity index (χ0v) is 11.4. The maximum absolute atomic E-state index is 5.87. The Balaban J connectivity index is 1.91. The molecule has 0 saturated carbocycles. The van der Waals surface area contributed by atoms with Crippen molar-refractivity contribution in [3.05, 3.63) is 40.4 Å². The molecule has 5 heteroatoms. The molecule has 3 rings (SSSR count). The normalized spacial score (nSPS) is 18.1. The first-order chi connectivity index (χ1) is 8.67. The highest BCUT2D eigenvalue weighted by Gasteiger charge is 2.35. The zero-order valence-electron chi connectivity index (χ0n) is 9.85. The molecule has 0 spiro atoms. The first-order valence-corrected chi connectivity index (χ1v) is 6.87. The molecule has 0 atom stereocenters. The number of hydrogen-bond donors (Lipinski definition) is 0. The van der Waals surface area contributed by atoms with Gasteiger partial charge in [-0.1, -0.05) is 23.7 Å². The van der Waals surface area contributed by atoms with Crippen molar-refractivity contribution in [2.45, 2.75) is 12.7 Å². The van der Waals surface area contributed by atoms with Crippen molar-refractivity contribution in [2.75, 3.05) is 13.2 Å². The number of halogens is 1. The lowest BCUT2D eigenvalue weighted by molar-refractivity contribution is -0.147. The van der Waals surface area contributed by atoms with Crippen LogP contribution in [0.1, 0.15) is 11.8 Å². The van der Waals surface area contributed by atoms with Crippen LogP contribution in [-0.4, -0.2) is 18.2 Å². The average Bonchev–Trinajstić information content (AvgIpc) is 2.99. The van der Waals surface area contributed by atoms with Gasteiger partial charge in [0.2, 0.25) is 5.79 Å². The smallest absolute Gasteiger partial charge is 0.203 e. The number of aromatic nitrogens is 1. The summed E-state index contributed by atoms with van der Waals surface area (Å²) in [5.74, 6) is -0.637. The highest BCUT2D eigenvalue weighted by molar-refractivity contribution is 7.15. The van der Waals surface area contributed by atoms with Crippen LogP contribution >= 0.6 is 22.9 Å². The fourth-order valence-electron chi connectivity index (χ4n) is 1.87. The number of hydrogen-bond acceptors (Lipinski definition) is 4. The SMILES string of the molecule is CC1(c2cnc(-c3ccc(Cl)cc3)s2)OCCO1. The Hall–Kier alpha value is -0.940. The molecule has 0 bridgehead atoms. The Kier molecular flexibility index (Phi) is 3.11. The minimum atomic E-state index is -0.637. The van der Waals surface area contributed by atoms with Crippen LogP contribution in [0.5, 0.6) is 0 Å². The van der Waals surface area contributed by atoms with Gasteiger partial charge >= 0.3 is 0 Å². The summed E-state index contributed by atoms with van der Waals surface area (Å²) < 4.78 is 11.2. The molecule has 18 heavy (non-hydrogen) atoms. The van der Waals surface area contributed by atoms with E-state index < -0.39 is 5.79 Å². The average molecular weight is 282 g/mol. The summed E-state index contributed by atoms with van der Waals surface area (Å²) >= 11 is 7.46. The number of nitrogens with zero attached hydrogens (tertiary/aromatic N) is 1. The molecule has 0 amide bonds. The maximum atomic E-state index is 5.87. The standard InChI is InChI=1S/C13H12ClNO2S/c1-13(16-6-7-17-13)11-8-15-12(18-11)9-2-4-10(14)5-3-9/h2-5,8H,6-7H2,1H3. The highest BCUT2D eigenvalue weighted by Crippen LogP contribution is 2.37. The van der Waals surface area contributed by atoms with E-state index in [1.807, 2.05) is 37.4 Å². The molecule has 0 N–H and O–H groups in total. The molecule has 2 aromatic rings. The second-order valence-electron chi connectivity index (χ2n) is 4.18. The Morgan fingerprint density at radius 2 is 1.89 bits per heavy atom. The summed E-state index contributed by atoms with van der Waals surface area (Å²) in [6, 6.07) is 7.65. The molecule has 94 valence electrons. The minimum Gasteiger partial charge on any atom is -0.343 e. The van der Waals surface area contributed by atoms with Gasteiger partial charge in [-0.25, -0.2) is 4.98 Å². The Bertz CT molecular complexity index is 546. The first-order valence-electron chi connectivity index (χ1n) is 5.67. The van der Waals surface area contributed by atoms with Crippen molar-refractivity contribution in [2.24, 2.45) is 0 Å². The predicted octanol–water partition coefficient (Wildman–Crippen LogP) is 3.68. The molecule has 1 aliphatic rings. The summed E-state index contributed by atoms with van der Waals surface area (Å²) in [6.45, 7) is 3.19. The van der Waals surface area contributed by atoms with E-state index in [-0.39, 0.29) is 0 Å². The third-order valence-corrected chi connectivity index (χ3v) is 4.37. The fraction of sp³-hybridized carbons (Fsp3) is 0.308. The third kappa shape index (κ3) is 2.17. The van der Waals surface area contributed by atoms with Crippen molar-refractivity contribution in [1.29, 1.82) is 0 Å². The molecule has 0 radical (unpaired) electrons. The van der Waals surface area contributed by atoms with Crippen LogP contribution in [0, 0.1) is 0 Å². The summed E-state index contributed by atoms with van der Waals surface area (Å²) in [6.07, 6.45) is 1.82. The molecular weight excluding hydrogens is 270 g/mol. The number of thiazole rings is 1. The fourth-order valence-corrected chi connectivity index (χ4v) is 2.97. The second-order valence-corrected chi connectivity index (χ2v) is 5.65. The number of ether oxygens (including phenoxy) is 2. The molecule has 1 aromatic heterocycles. The summed E-state index contributed by atoms with van der Waals surface area (Å²) in [4.78, 5) is 5.41. The van der Waals surface area contributed by atoms with Gasteiger partial charge in [-0.2, -0.15) is 0 Å². The molecular formula is C13H12ClNO2S. The summed E-state index contributed by atoms with van der Waals surface area (Å²) in [5.41, 5.74) is 1.05. The molecule has 0 unspecified atom stereocenters. The predicted molar refractivity (Wildman–Crippen MR) is 71.8 cm³/mol. The van der Waals surface area contributed by atoms with E-state index in [1.54, 1.807) is 11.3 Å². The quantitative estimate of drug-likeness (QED) is 0.841. The van der Waals surface area contributed by atoms with E-state index in [1.165, 1.54) is 0 Å². The van der Waals surface area contributed by atoms with Crippen LogP contribution in [0.4, 0.5) is 0 Å². The van der Waals surface area contributed by atoms with Crippen molar-refractivity contribution in [1.82, 2.24) is 4.98 Å². The molecule has 1 saturated heterocycles. The lowest BCUT2D eigenvalue weighted by Gasteiger charge is -2.19. The minimum absolute atomic E-state index is 0.630. The van der Waals surface area contributed by atoms with Gasteiger partial charge in [0.1, 0.15) is 5.01 Å². The molecule has 1 aromatic carbocycles. The summed E-state index contributed by atoms with van der Waals surface area (Å²) in [7, 11) is 0. The largest absolute Gasteiger partial charge is 0.343 e. The van der Waals surface area contributed by atoms with Crippen LogP contribution in [0.25, 0.3) is 10.6 Å². The van der Waals surface area contributed by atoms with Crippen LogP contribution in [-0.2, 0) is 15.3 Å². The number of rotatable bonds is 2. The summed E-state index contributed by atoms with van der Waals surface area (Å²) in [5, 5.41) is 1.67. The highest BCUT2D eigenvalue weighted by atomic mass is 35.5. The second kappa shape index (κ2) is 4.63. The van der Waals surface area contributed by atoms with Gasteiger partial charge in [0.25, 0.3) is 0 Å². The van der Waals surface area contributed by atoms with Gasteiger partial charge < -0.3 is 9.47 Å². The van der Waals surface area contributed by atoms with Crippen LogP contribution in [0.15, 0.2) is 30.5 Å². The molecule has 2 heterocycles. The van der Waals surface area contributed by atoms with Gasteiger partial charge in [-0.05, 0) is 19.1 Å². The molecule has 3 nitrogen and oxygen atoms in total. The van der Waals surface area contributed by atoms with Gasteiger partial charge in [0.05, 0.1) is 18.1 Å². The van der Waals surface area contributed by atoms with Crippen LogP contribution in [0.2, 0.25) is 5.02 Å². The Morgan fingerprint density at radius 3 is 2.56 bits per heavy atom. The third-order valence-electron chi connectivity index (χ3n) is 2.88. The van der Waals surface area contributed by atoms with E-state index in [0.29, 0.717) is 13.2 Å². The van der Waals surface area contributed by atoms with E-state index in [0.717, 1.165) is 20.5 Å². The van der Waals surface area contributed by atoms with Crippen molar-refractivity contribution in [3.8, 4) is 10.6 Å². The van der Waals surface area contributed by atoms with Crippen LogP contribution in [0.3, 0.4) is 0 Å². The molecule has 0 aliphatic carbocycles. The van der Waals surface area contributed by atoms with Gasteiger partial charge in [0.15, 0.2) is 0 Å². The van der Waals surface area contributed by atoms with Gasteiger partial charge in [-0.15, -0.1) is 11.3 Å². The Morgan fingerprint density at radius 1 is 1.22 bits per heavy atom.